The van der Waals surface area contributed by atoms with Crippen LogP contribution in [0.2, 0.25) is 0 Å². The first-order valence-electron chi connectivity index (χ1n) is 6.49. The number of rotatable bonds is 3. The van der Waals surface area contributed by atoms with Crippen molar-refractivity contribution in [1.82, 2.24) is 14.7 Å². The number of hydrogen-bond donors (Lipinski definition) is 1. The van der Waals surface area contributed by atoms with Gasteiger partial charge in [-0.05, 0) is 33.2 Å². The molecule has 2 atom stereocenters. The number of aromatic nitrogens is 2. The maximum Gasteiger partial charge on any atom is 0.0667 e. The fraction of sp³-hybridized carbons (Fsp3) is 0.769. The third-order valence-corrected chi connectivity index (χ3v) is 3.93. The predicted molar refractivity (Wildman–Crippen MR) is 67.7 cm³/mol. The zero-order valence-electron chi connectivity index (χ0n) is 11.1. The Morgan fingerprint density at radius 2 is 2.29 bits per heavy atom. The average molecular weight is 237 g/mol. The van der Waals surface area contributed by atoms with Crippen LogP contribution >= 0.6 is 0 Å². The molecule has 1 N–H and O–H groups in total. The van der Waals surface area contributed by atoms with Crippen LogP contribution in [0.15, 0.2) is 6.20 Å². The number of aliphatic hydroxyl groups excluding tert-OH is 1. The molecule has 2 heterocycles. The van der Waals surface area contributed by atoms with Crippen LogP contribution in [0, 0.1) is 6.92 Å². The molecule has 1 aliphatic rings. The van der Waals surface area contributed by atoms with Gasteiger partial charge in [-0.2, -0.15) is 5.10 Å². The Morgan fingerprint density at radius 1 is 1.53 bits per heavy atom. The summed E-state index contributed by atoms with van der Waals surface area (Å²) in [6.07, 6.45) is 5.29. The molecule has 17 heavy (non-hydrogen) atoms. The molecule has 0 aliphatic carbocycles. The summed E-state index contributed by atoms with van der Waals surface area (Å²) in [5.74, 6) is 0. The molecule has 4 heteroatoms. The van der Waals surface area contributed by atoms with Crippen molar-refractivity contribution in [2.75, 3.05) is 6.54 Å². The largest absolute Gasteiger partial charge is 0.392 e. The summed E-state index contributed by atoms with van der Waals surface area (Å²) >= 11 is 0. The molecular weight excluding hydrogens is 214 g/mol. The molecule has 2 rings (SSSR count). The smallest absolute Gasteiger partial charge is 0.0667 e. The Labute approximate surface area is 103 Å². The van der Waals surface area contributed by atoms with Crippen molar-refractivity contribution in [3.05, 3.63) is 17.5 Å². The normalized spacial score (nSPS) is 23.9. The predicted octanol–water partition coefficient (Wildman–Crippen LogP) is 1.46. The number of piperidine rings is 1. The Bertz CT molecular complexity index is 373. The van der Waals surface area contributed by atoms with E-state index >= 15 is 0 Å². The van der Waals surface area contributed by atoms with Crippen LogP contribution in [-0.4, -0.2) is 38.5 Å². The van der Waals surface area contributed by atoms with Crippen molar-refractivity contribution in [3.63, 3.8) is 0 Å². The molecule has 0 bridgehead atoms. The Kier molecular flexibility index (Phi) is 3.84. The van der Waals surface area contributed by atoms with Gasteiger partial charge in [-0.1, -0.05) is 6.42 Å². The van der Waals surface area contributed by atoms with Crippen LogP contribution in [0.5, 0.6) is 0 Å². The molecule has 0 saturated carbocycles. The zero-order valence-corrected chi connectivity index (χ0v) is 11.1. The van der Waals surface area contributed by atoms with Crippen molar-refractivity contribution >= 4 is 0 Å². The highest BCUT2D eigenvalue weighted by molar-refractivity contribution is 5.16. The van der Waals surface area contributed by atoms with E-state index in [9.17, 15) is 5.11 Å². The summed E-state index contributed by atoms with van der Waals surface area (Å²) in [5, 5.41) is 14.1. The highest BCUT2D eigenvalue weighted by Crippen LogP contribution is 2.22. The molecule has 4 nitrogen and oxygen atoms in total. The van der Waals surface area contributed by atoms with Crippen LogP contribution in [0.4, 0.5) is 0 Å². The molecule has 0 aromatic carbocycles. The first kappa shape index (κ1) is 12.6. The van der Waals surface area contributed by atoms with Crippen LogP contribution in [0.25, 0.3) is 0 Å². The lowest BCUT2D eigenvalue weighted by Gasteiger charge is -2.37. The van der Waals surface area contributed by atoms with Gasteiger partial charge in [-0.3, -0.25) is 9.58 Å². The second-order valence-electron chi connectivity index (χ2n) is 5.15. The molecule has 1 fully saturated rings. The minimum absolute atomic E-state index is 0.243. The second kappa shape index (κ2) is 5.19. The van der Waals surface area contributed by atoms with E-state index in [1.165, 1.54) is 24.1 Å². The molecule has 1 aromatic heterocycles. The van der Waals surface area contributed by atoms with Gasteiger partial charge in [0.2, 0.25) is 0 Å². The topological polar surface area (TPSA) is 41.3 Å². The van der Waals surface area contributed by atoms with Gasteiger partial charge in [0, 0.05) is 30.9 Å². The van der Waals surface area contributed by atoms with E-state index in [0.29, 0.717) is 6.04 Å². The third kappa shape index (κ3) is 2.69. The summed E-state index contributed by atoms with van der Waals surface area (Å²) in [5.41, 5.74) is 2.50. The molecule has 0 radical (unpaired) electrons. The number of aryl methyl sites for hydroxylation is 1. The molecule has 0 spiro atoms. The first-order valence-corrected chi connectivity index (χ1v) is 6.49. The molecule has 1 saturated heterocycles. The Morgan fingerprint density at radius 3 is 2.88 bits per heavy atom. The fourth-order valence-corrected chi connectivity index (χ4v) is 2.68. The zero-order chi connectivity index (χ0) is 12.4. The van der Waals surface area contributed by atoms with Gasteiger partial charge >= 0.3 is 0 Å². The maximum atomic E-state index is 9.84. The molecule has 1 aromatic rings. The van der Waals surface area contributed by atoms with Crippen LogP contribution in [-0.2, 0) is 13.6 Å². The first-order chi connectivity index (χ1) is 8.09. The number of aliphatic hydroxyl groups is 1. The fourth-order valence-electron chi connectivity index (χ4n) is 2.68. The minimum atomic E-state index is -0.243. The summed E-state index contributed by atoms with van der Waals surface area (Å²) in [4.78, 5) is 2.40. The van der Waals surface area contributed by atoms with Gasteiger partial charge in [-0.25, -0.2) is 0 Å². The molecule has 0 amide bonds. The average Bonchev–Trinajstić information content (AvgIpc) is 2.61. The summed E-state index contributed by atoms with van der Waals surface area (Å²) < 4.78 is 1.91. The van der Waals surface area contributed by atoms with Crippen LogP contribution in [0.3, 0.4) is 0 Å². The number of hydrogen-bond acceptors (Lipinski definition) is 3. The van der Waals surface area contributed by atoms with Gasteiger partial charge in [-0.15, -0.1) is 0 Å². The number of nitrogens with zero attached hydrogens (tertiary/aromatic N) is 3. The van der Waals surface area contributed by atoms with E-state index in [1.54, 1.807) is 0 Å². The lowest BCUT2D eigenvalue weighted by atomic mass is 9.97. The molecular formula is C13H23N3O. The van der Waals surface area contributed by atoms with E-state index in [1.807, 2.05) is 24.9 Å². The quantitative estimate of drug-likeness (QED) is 0.865. The van der Waals surface area contributed by atoms with Crippen molar-refractivity contribution in [2.45, 2.75) is 51.8 Å². The third-order valence-electron chi connectivity index (χ3n) is 3.93. The molecule has 2 unspecified atom stereocenters. The Hall–Kier alpha value is -0.870. The van der Waals surface area contributed by atoms with E-state index < -0.39 is 0 Å². The van der Waals surface area contributed by atoms with E-state index in [0.717, 1.165) is 19.5 Å². The monoisotopic (exact) mass is 237 g/mol. The van der Waals surface area contributed by atoms with Crippen molar-refractivity contribution in [2.24, 2.45) is 7.05 Å². The van der Waals surface area contributed by atoms with Gasteiger partial charge in [0.15, 0.2) is 0 Å². The lowest BCUT2D eigenvalue weighted by Crippen LogP contribution is -2.45. The summed E-state index contributed by atoms with van der Waals surface area (Å²) in [6.45, 7) is 6.00. The Balaban J connectivity index is 2.08. The highest BCUT2D eigenvalue weighted by atomic mass is 16.3. The maximum absolute atomic E-state index is 9.84. The van der Waals surface area contributed by atoms with Gasteiger partial charge < -0.3 is 5.11 Å². The van der Waals surface area contributed by atoms with Gasteiger partial charge in [0.05, 0.1) is 12.3 Å². The minimum Gasteiger partial charge on any atom is -0.392 e. The van der Waals surface area contributed by atoms with Crippen LogP contribution in [0.1, 0.15) is 37.4 Å². The van der Waals surface area contributed by atoms with E-state index in [4.69, 9.17) is 0 Å². The van der Waals surface area contributed by atoms with Crippen molar-refractivity contribution < 1.29 is 5.11 Å². The highest BCUT2D eigenvalue weighted by Gasteiger charge is 2.26. The lowest BCUT2D eigenvalue weighted by molar-refractivity contribution is 0.0315. The SMILES string of the molecule is Cc1c(CN2CCCCC2C(C)O)cnn1C. The molecule has 1 aliphatic heterocycles. The molecule has 96 valence electrons. The van der Waals surface area contributed by atoms with Gasteiger partial charge in [0.1, 0.15) is 0 Å². The second-order valence-corrected chi connectivity index (χ2v) is 5.15. The van der Waals surface area contributed by atoms with E-state index in [-0.39, 0.29) is 6.10 Å². The van der Waals surface area contributed by atoms with Gasteiger partial charge in [0.25, 0.3) is 0 Å². The van der Waals surface area contributed by atoms with Crippen molar-refractivity contribution in [1.29, 1.82) is 0 Å². The summed E-state index contributed by atoms with van der Waals surface area (Å²) in [6, 6.07) is 0.309. The van der Waals surface area contributed by atoms with E-state index in [2.05, 4.69) is 16.9 Å². The number of likely N-dealkylation sites (tertiary alicyclic amines) is 1. The summed E-state index contributed by atoms with van der Waals surface area (Å²) in [7, 11) is 1.97. The standard InChI is InChI=1S/C13H23N3O/c1-10-12(8-14-15(10)3)9-16-7-5-4-6-13(16)11(2)17/h8,11,13,17H,4-7,9H2,1-3H3. The van der Waals surface area contributed by atoms with Crippen molar-refractivity contribution in [3.8, 4) is 0 Å². The van der Waals surface area contributed by atoms with Crippen LogP contribution < -0.4 is 0 Å².